The summed E-state index contributed by atoms with van der Waals surface area (Å²) in [5.41, 5.74) is 7.83. The number of alkyl halides is 2. The standard InChI is InChI=1S/C10H11F2N3O2/c1-6(14-15-10(13)16)7-3-2-4-8(5-7)17-9(11)12/h2-5,9H,1H3,(H3,13,15,16)/b14-6-. The van der Waals surface area contributed by atoms with E-state index >= 15 is 0 Å². The van der Waals surface area contributed by atoms with E-state index in [1.165, 1.54) is 18.2 Å². The number of hydrogen-bond acceptors (Lipinski definition) is 3. The highest BCUT2D eigenvalue weighted by Gasteiger charge is 2.05. The lowest BCUT2D eigenvalue weighted by Crippen LogP contribution is -2.25. The van der Waals surface area contributed by atoms with Crippen LogP contribution in [0.25, 0.3) is 0 Å². The average molecular weight is 243 g/mol. The minimum Gasteiger partial charge on any atom is -0.435 e. The Morgan fingerprint density at radius 2 is 2.24 bits per heavy atom. The molecule has 0 aliphatic rings. The molecular formula is C10H11F2N3O2. The first-order chi connectivity index (χ1) is 7.99. The van der Waals surface area contributed by atoms with Crippen LogP contribution in [0.4, 0.5) is 13.6 Å². The minimum atomic E-state index is -2.88. The molecule has 0 aromatic heterocycles. The molecule has 5 nitrogen and oxygen atoms in total. The summed E-state index contributed by atoms with van der Waals surface area (Å²) in [6.07, 6.45) is 0. The Balaban J connectivity index is 2.83. The molecule has 0 unspecified atom stereocenters. The number of hydrogen-bond donors (Lipinski definition) is 2. The summed E-state index contributed by atoms with van der Waals surface area (Å²) >= 11 is 0. The second kappa shape index (κ2) is 5.78. The maximum Gasteiger partial charge on any atom is 0.387 e. The Labute approximate surface area is 96.3 Å². The highest BCUT2D eigenvalue weighted by molar-refractivity contribution is 5.99. The van der Waals surface area contributed by atoms with Gasteiger partial charge in [-0.1, -0.05) is 12.1 Å². The van der Waals surface area contributed by atoms with Crippen molar-refractivity contribution in [3.8, 4) is 5.75 Å². The van der Waals surface area contributed by atoms with Crippen molar-refractivity contribution in [1.82, 2.24) is 5.43 Å². The zero-order valence-corrected chi connectivity index (χ0v) is 8.98. The number of carbonyl (C=O) groups excluding carboxylic acids is 1. The number of hydrazone groups is 1. The van der Waals surface area contributed by atoms with Crippen molar-refractivity contribution in [3.63, 3.8) is 0 Å². The van der Waals surface area contributed by atoms with E-state index in [4.69, 9.17) is 5.73 Å². The molecule has 0 aliphatic heterocycles. The van der Waals surface area contributed by atoms with E-state index in [-0.39, 0.29) is 5.75 Å². The predicted molar refractivity (Wildman–Crippen MR) is 58.0 cm³/mol. The molecule has 0 radical (unpaired) electrons. The highest BCUT2D eigenvalue weighted by Crippen LogP contribution is 2.16. The Morgan fingerprint density at radius 3 is 2.82 bits per heavy atom. The first-order valence-corrected chi connectivity index (χ1v) is 4.64. The van der Waals surface area contributed by atoms with Crippen molar-refractivity contribution < 1.29 is 18.3 Å². The van der Waals surface area contributed by atoms with Crippen LogP contribution in [0.3, 0.4) is 0 Å². The van der Waals surface area contributed by atoms with Crippen molar-refractivity contribution in [2.75, 3.05) is 0 Å². The van der Waals surface area contributed by atoms with Gasteiger partial charge in [0.15, 0.2) is 0 Å². The molecule has 0 aliphatic carbocycles. The summed E-state index contributed by atoms with van der Waals surface area (Å²) in [6, 6.07) is 5.15. The van der Waals surface area contributed by atoms with E-state index in [2.05, 4.69) is 9.84 Å². The summed E-state index contributed by atoms with van der Waals surface area (Å²) in [6.45, 7) is -1.29. The second-order valence-corrected chi connectivity index (χ2v) is 3.08. The number of rotatable bonds is 4. The summed E-state index contributed by atoms with van der Waals surface area (Å²) in [5, 5.41) is 3.66. The van der Waals surface area contributed by atoms with Gasteiger partial charge < -0.3 is 10.5 Å². The summed E-state index contributed by atoms with van der Waals surface area (Å²) < 4.78 is 28.2. The Kier molecular flexibility index (Phi) is 4.38. The van der Waals surface area contributed by atoms with Gasteiger partial charge in [0.25, 0.3) is 0 Å². The number of ether oxygens (including phenoxy) is 1. The monoisotopic (exact) mass is 243 g/mol. The van der Waals surface area contributed by atoms with Crippen LogP contribution in [0, 0.1) is 0 Å². The molecule has 2 amide bonds. The van der Waals surface area contributed by atoms with E-state index in [1.54, 1.807) is 13.0 Å². The lowest BCUT2D eigenvalue weighted by molar-refractivity contribution is -0.0498. The number of nitrogens with one attached hydrogen (secondary N) is 1. The van der Waals surface area contributed by atoms with E-state index in [9.17, 15) is 13.6 Å². The fourth-order valence-corrected chi connectivity index (χ4v) is 1.10. The highest BCUT2D eigenvalue weighted by atomic mass is 19.3. The Bertz CT molecular complexity index is 435. The third kappa shape index (κ3) is 4.45. The number of halogens is 2. The molecule has 0 heterocycles. The minimum absolute atomic E-state index is 0.0196. The zero-order valence-electron chi connectivity index (χ0n) is 8.98. The van der Waals surface area contributed by atoms with Crippen LogP contribution in [-0.2, 0) is 0 Å². The van der Waals surface area contributed by atoms with Crippen molar-refractivity contribution in [3.05, 3.63) is 29.8 Å². The fraction of sp³-hybridized carbons (Fsp3) is 0.200. The number of benzene rings is 1. The van der Waals surface area contributed by atoms with Crippen LogP contribution in [0.2, 0.25) is 0 Å². The number of carbonyl (C=O) groups is 1. The van der Waals surface area contributed by atoms with Gasteiger partial charge in [-0.2, -0.15) is 13.9 Å². The summed E-state index contributed by atoms with van der Waals surface area (Å²) in [7, 11) is 0. The van der Waals surface area contributed by atoms with Crippen LogP contribution >= 0.6 is 0 Å². The van der Waals surface area contributed by atoms with Crippen LogP contribution < -0.4 is 15.9 Å². The van der Waals surface area contributed by atoms with Crippen LogP contribution in [-0.4, -0.2) is 18.4 Å². The van der Waals surface area contributed by atoms with Crippen LogP contribution in [0.15, 0.2) is 29.4 Å². The molecule has 7 heteroatoms. The average Bonchev–Trinajstić information content (AvgIpc) is 2.25. The van der Waals surface area contributed by atoms with Crippen molar-refractivity contribution >= 4 is 11.7 Å². The van der Waals surface area contributed by atoms with Crippen LogP contribution in [0.1, 0.15) is 12.5 Å². The van der Waals surface area contributed by atoms with E-state index in [0.717, 1.165) is 0 Å². The SMILES string of the molecule is C/C(=N/NC(N)=O)c1cccc(OC(F)F)c1. The molecule has 3 N–H and O–H groups in total. The molecule has 1 rings (SSSR count). The maximum absolute atomic E-state index is 12.0. The molecular weight excluding hydrogens is 232 g/mol. The zero-order chi connectivity index (χ0) is 12.8. The predicted octanol–water partition coefficient (Wildman–Crippen LogP) is 1.68. The van der Waals surface area contributed by atoms with Gasteiger partial charge in [0.1, 0.15) is 5.75 Å². The number of urea groups is 1. The van der Waals surface area contributed by atoms with Gasteiger partial charge in [0, 0.05) is 5.56 Å². The molecule has 1 aromatic rings. The lowest BCUT2D eigenvalue weighted by atomic mass is 10.1. The Hall–Kier alpha value is -2.18. The molecule has 0 saturated heterocycles. The number of nitrogens with zero attached hydrogens (tertiary/aromatic N) is 1. The molecule has 92 valence electrons. The molecule has 17 heavy (non-hydrogen) atoms. The van der Waals surface area contributed by atoms with Crippen molar-refractivity contribution in [1.29, 1.82) is 0 Å². The van der Waals surface area contributed by atoms with Gasteiger partial charge in [-0.15, -0.1) is 0 Å². The number of primary amides is 1. The van der Waals surface area contributed by atoms with Crippen molar-refractivity contribution in [2.45, 2.75) is 13.5 Å². The third-order valence-corrected chi connectivity index (χ3v) is 1.81. The van der Waals surface area contributed by atoms with E-state index in [0.29, 0.717) is 11.3 Å². The van der Waals surface area contributed by atoms with Crippen molar-refractivity contribution in [2.24, 2.45) is 10.8 Å². The molecule has 1 aromatic carbocycles. The fourth-order valence-electron chi connectivity index (χ4n) is 1.10. The van der Waals surface area contributed by atoms with Crippen LogP contribution in [0.5, 0.6) is 5.75 Å². The largest absolute Gasteiger partial charge is 0.435 e. The molecule has 0 bridgehead atoms. The quantitative estimate of drug-likeness (QED) is 0.623. The topological polar surface area (TPSA) is 76.7 Å². The molecule has 0 spiro atoms. The lowest BCUT2D eigenvalue weighted by Gasteiger charge is -2.06. The smallest absolute Gasteiger partial charge is 0.387 e. The van der Waals surface area contributed by atoms with Gasteiger partial charge in [-0.3, -0.25) is 0 Å². The van der Waals surface area contributed by atoms with Gasteiger partial charge in [-0.05, 0) is 19.1 Å². The third-order valence-electron chi connectivity index (χ3n) is 1.81. The first-order valence-electron chi connectivity index (χ1n) is 4.64. The second-order valence-electron chi connectivity index (χ2n) is 3.08. The van der Waals surface area contributed by atoms with Gasteiger partial charge in [0.05, 0.1) is 5.71 Å². The normalized spacial score (nSPS) is 11.4. The maximum atomic E-state index is 12.0. The summed E-state index contributed by atoms with van der Waals surface area (Å²) in [4.78, 5) is 10.4. The first kappa shape index (κ1) is 12.9. The Morgan fingerprint density at radius 1 is 1.53 bits per heavy atom. The molecule has 0 saturated carbocycles. The van der Waals surface area contributed by atoms with Gasteiger partial charge in [-0.25, -0.2) is 10.2 Å². The summed E-state index contributed by atoms with van der Waals surface area (Å²) in [5.74, 6) is 0.0196. The van der Waals surface area contributed by atoms with Gasteiger partial charge in [0.2, 0.25) is 0 Å². The van der Waals surface area contributed by atoms with Gasteiger partial charge >= 0.3 is 12.6 Å². The molecule has 0 fully saturated rings. The van der Waals surface area contributed by atoms with E-state index < -0.39 is 12.6 Å². The number of amides is 2. The van der Waals surface area contributed by atoms with E-state index in [1.807, 2.05) is 5.43 Å². The molecule has 0 atom stereocenters. The number of nitrogens with two attached hydrogens (primary N) is 1.